The van der Waals surface area contributed by atoms with Crippen molar-refractivity contribution in [2.24, 2.45) is 0 Å². The van der Waals surface area contributed by atoms with Gasteiger partial charge >= 0.3 is 0 Å². The molecule has 0 aliphatic rings. The van der Waals surface area contributed by atoms with E-state index >= 15 is 0 Å². The Bertz CT molecular complexity index is 4080. The van der Waals surface area contributed by atoms with E-state index in [4.69, 9.17) is 23.8 Å². The van der Waals surface area contributed by atoms with Gasteiger partial charge < -0.3 is 13.2 Å². The highest BCUT2D eigenvalue weighted by molar-refractivity contribution is 6.24. The molecule has 0 saturated carbocycles. The van der Waals surface area contributed by atoms with Crippen LogP contribution in [0.4, 0.5) is 0 Å². The molecule has 0 bridgehead atoms. The van der Waals surface area contributed by atoms with Crippen LogP contribution >= 0.6 is 0 Å². The van der Waals surface area contributed by atoms with Crippen molar-refractivity contribution in [2.75, 3.05) is 0 Å². The molecule has 5 aromatic heterocycles. The quantitative estimate of drug-likeness (QED) is 0.173. The summed E-state index contributed by atoms with van der Waals surface area (Å²) < 4.78 is 15.3. The molecule has 0 radical (unpaired) electrons. The summed E-state index contributed by atoms with van der Waals surface area (Å²) in [5.41, 5.74) is 14.1. The van der Waals surface area contributed by atoms with Gasteiger partial charge in [-0.2, -0.15) is 0 Å². The molecule has 14 aromatic rings. The van der Waals surface area contributed by atoms with Crippen LogP contribution in [0.25, 0.3) is 138 Å². The normalized spacial score (nSPS) is 12.1. The molecule has 292 valence electrons. The van der Waals surface area contributed by atoms with E-state index in [1.54, 1.807) is 0 Å². The van der Waals surface area contributed by atoms with Crippen molar-refractivity contribution in [1.82, 2.24) is 19.4 Å². The Morgan fingerprint density at radius 1 is 0.302 bits per heavy atom. The number of hydrogen-bond donors (Lipinski definition) is 0. The zero-order chi connectivity index (χ0) is 41.2. The van der Waals surface area contributed by atoms with Gasteiger partial charge in [-0.25, -0.2) is 15.0 Å². The Kier molecular flexibility index (Phi) is 7.02. The highest BCUT2D eigenvalue weighted by Crippen LogP contribution is 2.43. The van der Waals surface area contributed by atoms with Crippen LogP contribution in [-0.2, 0) is 0 Å². The summed E-state index contributed by atoms with van der Waals surface area (Å²) in [6, 6.07) is 68.0. The Morgan fingerprint density at radius 3 is 1.63 bits per heavy atom. The first-order valence-electron chi connectivity index (χ1n) is 21.2. The second kappa shape index (κ2) is 12.9. The van der Waals surface area contributed by atoms with Crippen molar-refractivity contribution in [3.05, 3.63) is 194 Å². The number of rotatable bonds is 5. The van der Waals surface area contributed by atoms with E-state index in [0.717, 1.165) is 77.3 Å². The van der Waals surface area contributed by atoms with E-state index in [-0.39, 0.29) is 0 Å². The molecule has 0 fully saturated rings. The molecule has 0 atom stereocenters. The highest BCUT2D eigenvalue weighted by Gasteiger charge is 2.21. The number of benzene rings is 9. The van der Waals surface area contributed by atoms with Crippen molar-refractivity contribution < 1.29 is 8.83 Å². The van der Waals surface area contributed by atoms with Crippen LogP contribution in [0.1, 0.15) is 0 Å². The molecule has 0 N–H and O–H groups in total. The molecular weight excluding hydrogens is 773 g/mol. The molecule has 0 aliphatic carbocycles. The van der Waals surface area contributed by atoms with Crippen molar-refractivity contribution in [2.45, 2.75) is 0 Å². The van der Waals surface area contributed by atoms with Gasteiger partial charge in [0.25, 0.3) is 0 Å². The Labute approximate surface area is 359 Å². The van der Waals surface area contributed by atoms with Gasteiger partial charge in [0.15, 0.2) is 17.5 Å². The Hall–Kier alpha value is -8.61. The van der Waals surface area contributed by atoms with Gasteiger partial charge in [0, 0.05) is 59.8 Å². The third-order valence-electron chi connectivity index (χ3n) is 12.8. The van der Waals surface area contributed by atoms with Gasteiger partial charge in [-0.3, -0.25) is 0 Å². The van der Waals surface area contributed by atoms with Crippen molar-refractivity contribution in [1.29, 1.82) is 0 Å². The summed E-state index contributed by atoms with van der Waals surface area (Å²) in [6.45, 7) is 0. The molecule has 6 heteroatoms. The molecule has 0 saturated heterocycles. The van der Waals surface area contributed by atoms with Crippen molar-refractivity contribution in [3.63, 3.8) is 0 Å². The predicted octanol–water partition coefficient (Wildman–Crippen LogP) is 15.2. The minimum atomic E-state index is 0.563. The molecule has 0 spiro atoms. The van der Waals surface area contributed by atoms with Gasteiger partial charge in [0.05, 0.1) is 16.6 Å². The van der Waals surface area contributed by atoms with E-state index < -0.39 is 0 Å². The van der Waals surface area contributed by atoms with Crippen LogP contribution in [0.2, 0.25) is 0 Å². The van der Waals surface area contributed by atoms with Gasteiger partial charge in [0.1, 0.15) is 22.3 Å². The summed E-state index contributed by atoms with van der Waals surface area (Å²) in [6.07, 6.45) is 0. The van der Waals surface area contributed by atoms with Crippen LogP contribution in [-0.4, -0.2) is 19.4 Å². The van der Waals surface area contributed by atoms with E-state index in [2.05, 4.69) is 132 Å². The summed E-state index contributed by atoms with van der Waals surface area (Å²) in [7, 11) is 0. The maximum absolute atomic E-state index is 6.55. The van der Waals surface area contributed by atoms with E-state index in [9.17, 15) is 0 Å². The van der Waals surface area contributed by atoms with Crippen molar-refractivity contribution in [3.8, 4) is 56.4 Å². The Balaban J connectivity index is 0.921. The highest BCUT2D eigenvalue weighted by atomic mass is 16.3. The minimum Gasteiger partial charge on any atom is -0.456 e. The smallest absolute Gasteiger partial charge is 0.164 e. The summed E-state index contributed by atoms with van der Waals surface area (Å²) in [5, 5.41) is 9.16. The lowest BCUT2D eigenvalue weighted by molar-refractivity contribution is 0.668. The summed E-state index contributed by atoms with van der Waals surface area (Å²) in [5.74, 6) is 1.72. The third kappa shape index (κ3) is 5.09. The number of fused-ring (bicyclic) bond motifs is 12. The van der Waals surface area contributed by atoms with Crippen LogP contribution < -0.4 is 0 Å². The van der Waals surface area contributed by atoms with Gasteiger partial charge in [0.2, 0.25) is 0 Å². The molecule has 5 heterocycles. The molecular formula is C57H32N4O2. The zero-order valence-corrected chi connectivity index (χ0v) is 33.6. The van der Waals surface area contributed by atoms with Gasteiger partial charge in [-0.15, -0.1) is 0 Å². The second-order valence-electron chi connectivity index (χ2n) is 16.3. The first-order valence-corrected chi connectivity index (χ1v) is 21.2. The lowest BCUT2D eigenvalue weighted by Gasteiger charge is -2.10. The summed E-state index contributed by atoms with van der Waals surface area (Å²) in [4.78, 5) is 15.4. The SMILES string of the molecule is c1ccc(-c2nc(-c3ccc4c(c3)oc3ccccc34)nc(-c3cccc4oc5ccc(-c6cccc(-c7cc8c9ccccc9n9c%10ccccc%10c(c7)c89)c6)cc5c34)n2)cc1. The fraction of sp³-hybridized carbons (Fsp3) is 0. The van der Waals surface area contributed by atoms with E-state index in [1.807, 2.05) is 66.7 Å². The first-order chi connectivity index (χ1) is 31.2. The lowest BCUT2D eigenvalue weighted by atomic mass is 9.95. The average Bonchev–Trinajstić information content (AvgIpc) is 4.10. The minimum absolute atomic E-state index is 0.563. The molecule has 0 aliphatic heterocycles. The predicted molar refractivity (Wildman–Crippen MR) is 256 cm³/mol. The molecule has 14 rings (SSSR count). The van der Waals surface area contributed by atoms with Crippen LogP contribution in [0.5, 0.6) is 0 Å². The monoisotopic (exact) mass is 804 g/mol. The zero-order valence-electron chi connectivity index (χ0n) is 33.6. The maximum Gasteiger partial charge on any atom is 0.164 e. The molecule has 9 aromatic carbocycles. The number of furan rings is 2. The molecule has 63 heavy (non-hydrogen) atoms. The van der Waals surface area contributed by atoms with Crippen LogP contribution in [0.3, 0.4) is 0 Å². The average molecular weight is 805 g/mol. The largest absolute Gasteiger partial charge is 0.456 e. The molecule has 0 amide bonds. The molecule has 6 nitrogen and oxygen atoms in total. The number of hydrogen-bond acceptors (Lipinski definition) is 5. The van der Waals surface area contributed by atoms with Crippen LogP contribution in [0, 0.1) is 0 Å². The van der Waals surface area contributed by atoms with E-state index in [0.29, 0.717) is 17.5 Å². The van der Waals surface area contributed by atoms with Gasteiger partial charge in [-0.1, -0.05) is 127 Å². The fourth-order valence-electron chi connectivity index (χ4n) is 9.89. The van der Waals surface area contributed by atoms with E-state index in [1.165, 1.54) is 43.7 Å². The number of para-hydroxylation sites is 3. The fourth-order valence-corrected chi connectivity index (χ4v) is 9.89. The summed E-state index contributed by atoms with van der Waals surface area (Å²) >= 11 is 0. The van der Waals surface area contributed by atoms with Crippen LogP contribution in [0.15, 0.2) is 203 Å². The lowest BCUT2D eigenvalue weighted by Crippen LogP contribution is -2.00. The third-order valence-corrected chi connectivity index (χ3v) is 12.8. The second-order valence-corrected chi connectivity index (χ2v) is 16.3. The van der Waals surface area contributed by atoms with Gasteiger partial charge in [-0.05, 0) is 89.0 Å². The first kappa shape index (κ1) is 34.1. The standard InChI is InChI=1S/C57H32N4O2/c1-2-12-33(13-3-1)55-58-56(37-24-26-42-41-18-6-9-22-49(41)63-52(42)32-37)60-57(59-55)43-19-11-23-51-53(43)46-29-36(25-27-50(46)62-51)34-14-10-15-35(28-34)38-30-44-39-16-4-7-20-47(39)61-48-21-8-5-17-40(48)45(31-38)54(44)61/h1-32H. The van der Waals surface area contributed by atoms with Crippen molar-refractivity contribution >= 4 is 82.0 Å². The number of nitrogens with zero attached hydrogens (tertiary/aromatic N) is 4. The number of aromatic nitrogens is 4. The maximum atomic E-state index is 6.55. The Morgan fingerprint density at radius 2 is 0.841 bits per heavy atom. The topological polar surface area (TPSA) is 69.4 Å². The molecule has 0 unspecified atom stereocenters.